The maximum Gasteiger partial charge on any atom is 0.219 e. The summed E-state index contributed by atoms with van der Waals surface area (Å²) in [5.41, 5.74) is 0. The molecule has 0 spiro atoms. The summed E-state index contributed by atoms with van der Waals surface area (Å²) in [5.74, 6) is 2.67. The first kappa shape index (κ1) is 12.5. The summed E-state index contributed by atoms with van der Waals surface area (Å²) in [4.78, 5) is 11.1. The number of nitrogens with one attached hydrogen (secondary N) is 1. The Bertz CT molecular complexity index is 174. The first-order valence-electron chi connectivity index (χ1n) is 4.57. The lowest BCUT2D eigenvalue weighted by Crippen LogP contribution is -2.23. The average molecular weight is 246 g/mol. The van der Waals surface area contributed by atoms with E-state index in [9.17, 15) is 4.79 Å². The molecular formula is C10H16BrNO. The Morgan fingerprint density at radius 2 is 2.15 bits per heavy atom. The number of rotatable bonds is 7. The van der Waals surface area contributed by atoms with Gasteiger partial charge in [0.05, 0.1) is 0 Å². The standard InChI is InChI=1S/C10H16BrNO/c1-2-3-6-9-12-10(13)7-4-5-8-11/h1H,3-9H2,(H,12,13). The molecule has 1 amide bonds. The van der Waals surface area contributed by atoms with Gasteiger partial charge in [-0.2, -0.15) is 0 Å². The van der Waals surface area contributed by atoms with Gasteiger partial charge in [0.25, 0.3) is 0 Å². The minimum atomic E-state index is 0.137. The highest BCUT2D eigenvalue weighted by Gasteiger charge is 1.98. The van der Waals surface area contributed by atoms with Gasteiger partial charge in [-0.25, -0.2) is 0 Å². The predicted octanol–water partition coefficient (Wildman–Crippen LogP) is 2.08. The zero-order valence-electron chi connectivity index (χ0n) is 7.81. The van der Waals surface area contributed by atoms with E-state index < -0.39 is 0 Å². The summed E-state index contributed by atoms with van der Waals surface area (Å²) >= 11 is 3.32. The van der Waals surface area contributed by atoms with Gasteiger partial charge in [0.15, 0.2) is 0 Å². The van der Waals surface area contributed by atoms with Gasteiger partial charge in [-0.15, -0.1) is 12.3 Å². The maximum atomic E-state index is 11.1. The lowest BCUT2D eigenvalue weighted by Gasteiger charge is -2.02. The number of hydrogen-bond acceptors (Lipinski definition) is 1. The van der Waals surface area contributed by atoms with Gasteiger partial charge < -0.3 is 5.32 Å². The van der Waals surface area contributed by atoms with E-state index in [1.165, 1.54) is 0 Å². The number of terminal acetylenes is 1. The molecule has 3 heteroatoms. The molecule has 0 heterocycles. The monoisotopic (exact) mass is 245 g/mol. The third-order valence-corrected chi connectivity index (χ3v) is 2.17. The topological polar surface area (TPSA) is 29.1 Å². The second-order valence-corrected chi connectivity index (χ2v) is 3.60. The molecule has 0 unspecified atom stereocenters. The molecule has 2 nitrogen and oxygen atoms in total. The summed E-state index contributed by atoms with van der Waals surface area (Å²) in [7, 11) is 0. The predicted molar refractivity (Wildman–Crippen MR) is 58.7 cm³/mol. The van der Waals surface area contributed by atoms with Crippen LogP contribution >= 0.6 is 15.9 Å². The van der Waals surface area contributed by atoms with Crippen molar-refractivity contribution < 1.29 is 4.79 Å². The summed E-state index contributed by atoms with van der Waals surface area (Å²) in [6.07, 6.45) is 9.32. The Morgan fingerprint density at radius 3 is 2.77 bits per heavy atom. The van der Waals surface area contributed by atoms with Gasteiger partial charge in [0.1, 0.15) is 0 Å². The summed E-state index contributed by atoms with van der Waals surface area (Å²) in [5, 5.41) is 3.80. The Kier molecular flexibility index (Phi) is 9.24. The van der Waals surface area contributed by atoms with Crippen LogP contribution in [-0.4, -0.2) is 17.8 Å². The van der Waals surface area contributed by atoms with Crippen molar-refractivity contribution in [2.24, 2.45) is 0 Å². The van der Waals surface area contributed by atoms with Gasteiger partial charge >= 0.3 is 0 Å². The highest BCUT2D eigenvalue weighted by molar-refractivity contribution is 9.09. The molecule has 0 aromatic heterocycles. The molecule has 74 valence electrons. The van der Waals surface area contributed by atoms with Crippen LogP contribution in [0.2, 0.25) is 0 Å². The van der Waals surface area contributed by atoms with E-state index in [0.717, 1.165) is 31.0 Å². The zero-order chi connectivity index (χ0) is 9.94. The minimum Gasteiger partial charge on any atom is -0.356 e. The van der Waals surface area contributed by atoms with Gasteiger partial charge in [-0.05, 0) is 19.3 Å². The Labute approximate surface area is 88.6 Å². The Hall–Kier alpha value is -0.490. The highest BCUT2D eigenvalue weighted by atomic mass is 79.9. The summed E-state index contributed by atoms with van der Waals surface area (Å²) in [6.45, 7) is 0.706. The second kappa shape index (κ2) is 9.60. The van der Waals surface area contributed by atoms with Gasteiger partial charge in [-0.1, -0.05) is 15.9 Å². The van der Waals surface area contributed by atoms with Gasteiger partial charge in [0, 0.05) is 24.7 Å². The van der Waals surface area contributed by atoms with Crippen LogP contribution in [0.3, 0.4) is 0 Å². The number of halogens is 1. The van der Waals surface area contributed by atoms with Crippen molar-refractivity contribution in [3.63, 3.8) is 0 Å². The minimum absolute atomic E-state index is 0.137. The van der Waals surface area contributed by atoms with E-state index in [1.54, 1.807) is 0 Å². The van der Waals surface area contributed by atoms with E-state index in [2.05, 4.69) is 27.2 Å². The number of hydrogen-bond donors (Lipinski definition) is 1. The van der Waals surface area contributed by atoms with Gasteiger partial charge in [0.2, 0.25) is 5.91 Å². The number of unbranched alkanes of at least 4 members (excludes halogenated alkanes) is 2. The van der Waals surface area contributed by atoms with Crippen molar-refractivity contribution >= 4 is 21.8 Å². The summed E-state index contributed by atoms with van der Waals surface area (Å²) in [6, 6.07) is 0. The molecule has 0 radical (unpaired) electrons. The SMILES string of the molecule is C#CCCCNC(=O)CCCCBr. The summed E-state index contributed by atoms with van der Waals surface area (Å²) < 4.78 is 0. The van der Waals surface area contributed by atoms with Crippen molar-refractivity contribution in [2.45, 2.75) is 32.1 Å². The lowest BCUT2D eigenvalue weighted by molar-refractivity contribution is -0.121. The molecule has 0 aliphatic heterocycles. The van der Waals surface area contributed by atoms with Gasteiger partial charge in [-0.3, -0.25) is 4.79 Å². The molecule has 0 aromatic rings. The molecule has 0 aliphatic rings. The first-order chi connectivity index (χ1) is 6.31. The zero-order valence-corrected chi connectivity index (χ0v) is 9.40. The van der Waals surface area contributed by atoms with Crippen molar-refractivity contribution in [1.29, 1.82) is 0 Å². The molecule has 0 bridgehead atoms. The lowest BCUT2D eigenvalue weighted by atomic mass is 10.2. The van der Waals surface area contributed by atoms with E-state index >= 15 is 0 Å². The molecule has 1 N–H and O–H groups in total. The molecule has 13 heavy (non-hydrogen) atoms. The third kappa shape index (κ3) is 9.42. The maximum absolute atomic E-state index is 11.1. The van der Waals surface area contributed by atoms with Crippen molar-refractivity contribution in [1.82, 2.24) is 5.32 Å². The average Bonchev–Trinajstić information content (AvgIpc) is 2.13. The van der Waals surface area contributed by atoms with Crippen molar-refractivity contribution in [3.8, 4) is 12.3 Å². The van der Waals surface area contributed by atoms with Crippen LogP contribution in [0, 0.1) is 12.3 Å². The van der Waals surface area contributed by atoms with Crippen LogP contribution in [0.25, 0.3) is 0 Å². The molecule has 0 atom stereocenters. The van der Waals surface area contributed by atoms with E-state index in [1.807, 2.05) is 0 Å². The van der Waals surface area contributed by atoms with Crippen LogP contribution < -0.4 is 5.32 Å². The van der Waals surface area contributed by atoms with Crippen LogP contribution in [0.5, 0.6) is 0 Å². The quantitative estimate of drug-likeness (QED) is 0.416. The molecule has 0 rings (SSSR count). The van der Waals surface area contributed by atoms with Crippen LogP contribution in [0.15, 0.2) is 0 Å². The largest absolute Gasteiger partial charge is 0.356 e. The highest BCUT2D eigenvalue weighted by Crippen LogP contribution is 1.98. The number of alkyl halides is 1. The van der Waals surface area contributed by atoms with E-state index in [-0.39, 0.29) is 5.91 Å². The first-order valence-corrected chi connectivity index (χ1v) is 5.69. The Morgan fingerprint density at radius 1 is 1.38 bits per heavy atom. The van der Waals surface area contributed by atoms with Crippen molar-refractivity contribution in [3.05, 3.63) is 0 Å². The number of carbonyl (C=O) groups excluding carboxylic acids is 1. The second-order valence-electron chi connectivity index (χ2n) is 2.80. The van der Waals surface area contributed by atoms with E-state index in [4.69, 9.17) is 6.42 Å². The molecule has 0 saturated heterocycles. The fourth-order valence-corrected chi connectivity index (χ4v) is 1.28. The molecular weight excluding hydrogens is 230 g/mol. The number of carbonyl (C=O) groups is 1. The third-order valence-electron chi connectivity index (χ3n) is 1.61. The van der Waals surface area contributed by atoms with Crippen LogP contribution in [0.1, 0.15) is 32.1 Å². The number of amides is 1. The molecule has 0 aliphatic carbocycles. The van der Waals surface area contributed by atoms with Crippen LogP contribution in [-0.2, 0) is 4.79 Å². The fourth-order valence-electron chi connectivity index (χ4n) is 0.887. The molecule has 0 fully saturated rings. The molecule has 0 aromatic carbocycles. The molecule has 0 saturated carbocycles. The fraction of sp³-hybridized carbons (Fsp3) is 0.700. The van der Waals surface area contributed by atoms with Crippen LogP contribution in [0.4, 0.5) is 0 Å². The normalized spacial score (nSPS) is 9.23. The smallest absolute Gasteiger partial charge is 0.219 e. The Balaban J connectivity index is 3.16. The van der Waals surface area contributed by atoms with Crippen molar-refractivity contribution in [2.75, 3.05) is 11.9 Å². The van der Waals surface area contributed by atoms with E-state index in [0.29, 0.717) is 13.0 Å².